The molecule has 122 valence electrons. The molecular weight excluding hydrogens is 280 g/mol. The molecule has 1 aliphatic rings. The van der Waals surface area contributed by atoms with Gasteiger partial charge < -0.3 is 19.7 Å². The van der Waals surface area contributed by atoms with Crippen molar-refractivity contribution >= 4 is 5.91 Å². The Morgan fingerprint density at radius 1 is 1.32 bits per heavy atom. The first-order valence-electron chi connectivity index (χ1n) is 7.81. The van der Waals surface area contributed by atoms with Gasteiger partial charge in [-0.3, -0.25) is 4.79 Å². The van der Waals surface area contributed by atoms with E-state index in [0.29, 0.717) is 18.1 Å². The fraction of sp³-hybridized carbons (Fsp3) is 0.588. The summed E-state index contributed by atoms with van der Waals surface area (Å²) in [5, 5.41) is 3.06. The summed E-state index contributed by atoms with van der Waals surface area (Å²) >= 11 is 0. The summed E-state index contributed by atoms with van der Waals surface area (Å²) in [6.07, 6.45) is 1.13. The number of hydrogen-bond acceptors (Lipinski definition) is 4. The van der Waals surface area contributed by atoms with Crippen LogP contribution < -0.4 is 5.32 Å². The van der Waals surface area contributed by atoms with Gasteiger partial charge >= 0.3 is 0 Å². The van der Waals surface area contributed by atoms with E-state index in [4.69, 9.17) is 9.47 Å². The van der Waals surface area contributed by atoms with E-state index in [1.807, 2.05) is 24.3 Å². The number of likely N-dealkylation sites (tertiary alicyclic amines) is 1. The van der Waals surface area contributed by atoms with Crippen LogP contribution in [0.4, 0.5) is 0 Å². The van der Waals surface area contributed by atoms with Crippen LogP contribution in [0.2, 0.25) is 0 Å². The molecule has 1 fully saturated rings. The van der Waals surface area contributed by atoms with Gasteiger partial charge in [0.1, 0.15) is 0 Å². The summed E-state index contributed by atoms with van der Waals surface area (Å²) in [6, 6.07) is 7.59. The maximum absolute atomic E-state index is 12.4. The summed E-state index contributed by atoms with van der Waals surface area (Å²) in [6.45, 7) is 5.04. The highest BCUT2D eigenvalue weighted by Crippen LogP contribution is 2.15. The number of rotatable bonds is 8. The Labute approximate surface area is 132 Å². The minimum Gasteiger partial charge on any atom is -0.383 e. The highest BCUT2D eigenvalue weighted by atomic mass is 16.5. The summed E-state index contributed by atoms with van der Waals surface area (Å²) in [7, 11) is 3.37. The average Bonchev–Trinajstić information content (AvgIpc) is 2.99. The molecule has 1 amide bonds. The topological polar surface area (TPSA) is 50.8 Å². The Morgan fingerprint density at radius 2 is 2.14 bits per heavy atom. The molecule has 1 aromatic carbocycles. The first-order chi connectivity index (χ1) is 10.7. The third-order valence-corrected chi connectivity index (χ3v) is 4.09. The zero-order valence-corrected chi connectivity index (χ0v) is 13.5. The molecule has 1 aromatic rings. The molecule has 0 bridgehead atoms. The number of hydrogen-bond donors (Lipinski definition) is 1. The van der Waals surface area contributed by atoms with Gasteiger partial charge in [-0.1, -0.05) is 18.2 Å². The van der Waals surface area contributed by atoms with Gasteiger partial charge in [0.25, 0.3) is 5.91 Å². The van der Waals surface area contributed by atoms with E-state index in [9.17, 15) is 4.79 Å². The van der Waals surface area contributed by atoms with Crippen molar-refractivity contribution in [2.24, 2.45) is 5.92 Å². The number of ether oxygens (including phenoxy) is 2. The maximum atomic E-state index is 12.4. The molecule has 2 rings (SSSR count). The number of benzene rings is 1. The normalized spacial score (nSPS) is 18.5. The van der Waals surface area contributed by atoms with Crippen LogP contribution in [0.1, 0.15) is 22.3 Å². The molecule has 1 unspecified atom stereocenters. The molecule has 0 aromatic heterocycles. The molecule has 0 aliphatic carbocycles. The van der Waals surface area contributed by atoms with Gasteiger partial charge in [0.05, 0.1) is 13.2 Å². The van der Waals surface area contributed by atoms with Crippen LogP contribution in [-0.4, -0.2) is 57.8 Å². The largest absolute Gasteiger partial charge is 0.383 e. The minimum absolute atomic E-state index is 0.0111. The number of carbonyl (C=O) groups is 1. The van der Waals surface area contributed by atoms with E-state index in [-0.39, 0.29) is 5.91 Å². The van der Waals surface area contributed by atoms with Gasteiger partial charge in [-0.25, -0.2) is 0 Å². The molecule has 1 saturated heterocycles. The van der Waals surface area contributed by atoms with E-state index < -0.39 is 0 Å². The lowest BCUT2D eigenvalue weighted by atomic mass is 10.1. The summed E-state index contributed by atoms with van der Waals surface area (Å²) in [5.74, 6) is 0.512. The second-order valence-electron chi connectivity index (χ2n) is 5.75. The van der Waals surface area contributed by atoms with Crippen molar-refractivity contribution < 1.29 is 14.3 Å². The van der Waals surface area contributed by atoms with Gasteiger partial charge in [-0.2, -0.15) is 0 Å². The zero-order valence-electron chi connectivity index (χ0n) is 13.5. The molecule has 0 saturated carbocycles. The quantitative estimate of drug-likeness (QED) is 0.791. The van der Waals surface area contributed by atoms with Crippen molar-refractivity contribution in [1.82, 2.24) is 10.2 Å². The standard InChI is InChI=1S/C17H26N2O3/c1-21-10-9-19-8-7-14(12-19)11-18-17(20)16-6-4-3-5-15(16)13-22-2/h3-6,14H,7-13H2,1-2H3,(H,18,20). The van der Waals surface area contributed by atoms with Gasteiger partial charge in [-0.05, 0) is 30.5 Å². The summed E-state index contributed by atoms with van der Waals surface area (Å²) in [4.78, 5) is 14.7. The van der Waals surface area contributed by atoms with Crippen molar-refractivity contribution in [1.29, 1.82) is 0 Å². The SMILES string of the molecule is COCCN1CCC(CNC(=O)c2ccccc2COC)C1. The number of nitrogens with zero attached hydrogens (tertiary/aromatic N) is 1. The number of amides is 1. The lowest BCUT2D eigenvalue weighted by Gasteiger charge is -2.16. The van der Waals surface area contributed by atoms with Crippen molar-refractivity contribution in [2.45, 2.75) is 13.0 Å². The lowest BCUT2D eigenvalue weighted by molar-refractivity contribution is 0.0942. The Hall–Kier alpha value is -1.43. The van der Waals surface area contributed by atoms with Gasteiger partial charge in [0, 0.05) is 39.4 Å². The lowest BCUT2D eigenvalue weighted by Crippen LogP contribution is -2.32. The van der Waals surface area contributed by atoms with Crippen LogP contribution in [0.5, 0.6) is 0 Å². The van der Waals surface area contributed by atoms with E-state index in [1.54, 1.807) is 14.2 Å². The van der Waals surface area contributed by atoms with Gasteiger partial charge in [-0.15, -0.1) is 0 Å². The molecule has 1 aliphatic heterocycles. The van der Waals surface area contributed by atoms with Crippen LogP contribution >= 0.6 is 0 Å². The number of carbonyl (C=O) groups excluding carboxylic acids is 1. The monoisotopic (exact) mass is 306 g/mol. The van der Waals surface area contributed by atoms with E-state index in [1.165, 1.54) is 0 Å². The second kappa shape index (κ2) is 8.88. The van der Waals surface area contributed by atoms with Crippen molar-refractivity contribution in [3.05, 3.63) is 35.4 Å². The Bertz CT molecular complexity index is 479. The molecule has 22 heavy (non-hydrogen) atoms. The molecular formula is C17H26N2O3. The predicted molar refractivity (Wildman–Crippen MR) is 85.9 cm³/mol. The Morgan fingerprint density at radius 3 is 2.91 bits per heavy atom. The first-order valence-corrected chi connectivity index (χ1v) is 7.81. The van der Waals surface area contributed by atoms with Crippen LogP contribution in [-0.2, 0) is 16.1 Å². The second-order valence-corrected chi connectivity index (χ2v) is 5.75. The Balaban J connectivity index is 1.81. The van der Waals surface area contributed by atoms with E-state index in [2.05, 4.69) is 10.2 Å². The smallest absolute Gasteiger partial charge is 0.251 e. The van der Waals surface area contributed by atoms with E-state index in [0.717, 1.165) is 44.8 Å². The molecule has 0 spiro atoms. The molecule has 1 heterocycles. The highest BCUT2D eigenvalue weighted by molar-refractivity contribution is 5.95. The third-order valence-electron chi connectivity index (χ3n) is 4.09. The molecule has 1 atom stereocenters. The maximum Gasteiger partial charge on any atom is 0.251 e. The summed E-state index contributed by atoms with van der Waals surface area (Å²) < 4.78 is 10.3. The molecule has 5 heteroatoms. The average molecular weight is 306 g/mol. The highest BCUT2D eigenvalue weighted by Gasteiger charge is 2.22. The molecule has 1 N–H and O–H groups in total. The molecule has 0 radical (unpaired) electrons. The Kier molecular flexibility index (Phi) is 6.83. The van der Waals surface area contributed by atoms with Crippen LogP contribution in [0.25, 0.3) is 0 Å². The first kappa shape index (κ1) is 16.9. The zero-order chi connectivity index (χ0) is 15.8. The molecule has 5 nitrogen and oxygen atoms in total. The van der Waals surface area contributed by atoms with Crippen molar-refractivity contribution in [3.8, 4) is 0 Å². The van der Waals surface area contributed by atoms with E-state index >= 15 is 0 Å². The fourth-order valence-electron chi connectivity index (χ4n) is 2.86. The van der Waals surface area contributed by atoms with Crippen LogP contribution in [0.3, 0.4) is 0 Å². The number of nitrogens with one attached hydrogen (secondary N) is 1. The van der Waals surface area contributed by atoms with Crippen LogP contribution in [0.15, 0.2) is 24.3 Å². The van der Waals surface area contributed by atoms with Crippen molar-refractivity contribution in [3.63, 3.8) is 0 Å². The summed E-state index contributed by atoms with van der Waals surface area (Å²) in [5.41, 5.74) is 1.63. The number of methoxy groups -OCH3 is 2. The third kappa shape index (κ3) is 4.80. The minimum atomic E-state index is -0.0111. The predicted octanol–water partition coefficient (Wildman–Crippen LogP) is 1.53. The fourth-order valence-corrected chi connectivity index (χ4v) is 2.86. The van der Waals surface area contributed by atoms with Gasteiger partial charge in [0.15, 0.2) is 0 Å². The van der Waals surface area contributed by atoms with Crippen molar-refractivity contribution in [2.75, 3.05) is 47.0 Å². The van der Waals surface area contributed by atoms with Crippen LogP contribution in [0, 0.1) is 5.92 Å². The van der Waals surface area contributed by atoms with Gasteiger partial charge in [0.2, 0.25) is 0 Å².